The molecule has 0 aliphatic rings. The van der Waals surface area contributed by atoms with Crippen LogP contribution in [0.4, 0.5) is 5.69 Å². The average molecular weight is 502 g/mol. The number of rotatable bonds is 23. The molecular weight excluding hydrogens is 466 g/mol. The van der Waals surface area contributed by atoms with Gasteiger partial charge < -0.3 is 44.0 Å². The van der Waals surface area contributed by atoms with Crippen molar-refractivity contribution in [2.75, 3.05) is 85.0 Å². The smallest absolute Gasteiger partial charge is 0.372 e. The zero-order valence-corrected chi connectivity index (χ0v) is 19.8. The van der Waals surface area contributed by atoms with E-state index in [0.717, 1.165) is 0 Å². The highest BCUT2D eigenvalue weighted by Gasteiger charge is 2.14. The topological polar surface area (TPSA) is 162 Å². The lowest BCUT2D eigenvalue weighted by Gasteiger charge is -2.09. The third-order valence-electron chi connectivity index (χ3n) is 4.18. The summed E-state index contributed by atoms with van der Waals surface area (Å²) >= 11 is 0. The van der Waals surface area contributed by atoms with E-state index in [1.807, 2.05) is 18.2 Å². The lowest BCUT2D eigenvalue weighted by atomic mass is 10.2. The Kier molecular flexibility index (Phi) is 17.8. The molecule has 0 amide bonds. The summed E-state index contributed by atoms with van der Waals surface area (Å²) in [6.45, 7) is 4.37. The molecule has 0 saturated carbocycles. The third-order valence-corrected chi connectivity index (χ3v) is 4.18. The molecule has 12 heteroatoms. The average Bonchev–Trinajstić information content (AvgIpc) is 2.84. The molecule has 3 N–H and O–H groups in total. The lowest BCUT2D eigenvalue weighted by Crippen LogP contribution is -2.17. The van der Waals surface area contributed by atoms with Crippen molar-refractivity contribution in [2.45, 2.75) is 12.8 Å². The molecule has 198 valence electrons. The zero-order chi connectivity index (χ0) is 25.6. The molecule has 0 aliphatic heterocycles. The van der Waals surface area contributed by atoms with Crippen molar-refractivity contribution in [1.29, 1.82) is 0 Å². The fourth-order valence-corrected chi connectivity index (χ4v) is 2.41. The van der Waals surface area contributed by atoms with Crippen LogP contribution >= 0.6 is 0 Å². The molecule has 1 rings (SSSR count). The zero-order valence-electron chi connectivity index (χ0n) is 19.8. The van der Waals surface area contributed by atoms with E-state index < -0.39 is 17.7 Å². The summed E-state index contributed by atoms with van der Waals surface area (Å²) in [5.74, 6) is -2.58. The second-order valence-electron chi connectivity index (χ2n) is 6.90. The number of hydrogen-bond donors (Lipinski definition) is 2. The molecule has 0 unspecified atom stereocenters. The maximum absolute atomic E-state index is 11.3. The Morgan fingerprint density at radius 3 is 1.60 bits per heavy atom. The molecule has 0 radical (unpaired) electrons. The second kappa shape index (κ2) is 20.6. The number of aliphatic carboxylic acids is 1. The van der Waals surface area contributed by atoms with Gasteiger partial charge in [-0.3, -0.25) is 9.59 Å². The van der Waals surface area contributed by atoms with Gasteiger partial charge in [0.15, 0.2) is 0 Å². The predicted octanol–water partition coefficient (Wildman–Crippen LogP) is 0.708. The number of Topliss-reactive ketones (excluding diaryl/α,β-unsaturated/α-hetero) is 1. The van der Waals surface area contributed by atoms with Gasteiger partial charge in [-0.05, 0) is 12.1 Å². The minimum Gasteiger partial charge on any atom is -0.489 e. The van der Waals surface area contributed by atoms with E-state index in [1.54, 1.807) is 6.07 Å². The van der Waals surface area contributed by atoms with Gasteiger partial charge in [0.1, 0.15) is 19.0 Å². The predicted molar refractivity (Wildman–Crippen MR) is 123 cm³/mol. The Bertz CT molecular complexity index is 729. The third kappa shape index (κ3) is 17.3. The number of nitrogens with two attached hydrogens (primary N) is 1. The van der Waals surface area contributed by atoms with E-state index in [0.29, 0.717) is 77.5 Å². The van der Waals surface area contributed by atoms with Crippen LogP contribution in [-0.4, -0.2) is 102 Å². The number of ketones is 1. The number of para-hydroxylation sites is 2. The van der Waals surface area contributed by atoms with Crippen LogP contribution in [0.1, 0.15) is 12.8 Å². The maximum atomic E-state index is 11.3. The Morgan fingerprint density at radius 1 is 0.657 bits per heavy atom. The number of ether oxygens (including phenoxy) is 7. The van der Waals surface area contributed by atoms with Crippen molar-refractivity contribution in [3.05, 3.63) is 24.3 Å². The molecule has 0 saturated heterocycles. The number of anilines is 1. The highest BCUT2D eigenvalue weighted by Crippen LogP contribution is 2.19. The Balaban J connectivity index is 1.74. The molecule has 35 heavy (non-hydrogen) atoms. The molecule has 0 atom stereocenters. The van der Waals surface area contributed by atoms with E-state index >= 15 is 0 Å². The van der Waals surface area contributed by atoms with Crippen molar-refractivity contribution in [1.82, 2.24) is 0 Å². The molecule has 0 heterocycles. The van der Waals surface area contributed by atoms with Crippen LogP contribution in [-0.2, 0) is 42.8 Å². The maximum Gasteiger partial charge on any atom is 0.372 e. The van der Waals surface area contributed by atoms with Crippen molar-refractivity contribution in [3.63, 3.8) is 0 Å². The van der Waals surface area contributed by atoms with Crippen LogP contribution in [0.15, 0.2) is 24.3 Å². The quantitative estimate of drug-likeness (QED) is 0.0936. The van der Waals surface area contributed by atoms with Gasteiger partial charge in [0, 0.05) is 6.42 Å². The van der Waals surface area contributed by atoms with Gasteiger partial charge in [0.2, 0.25) is 5.78 Å². The number of carboxylic acids is 1. The van der Waals surface area contributed by atoms with Crippen molar-refractivity contribution in [3.8, 4) is 5.75 Å². The fourth-order valence-electron chi connectivity index (χ4n) is 2.41. The minimum atomic E-state index is -1.56. The van der Waals surface area contributed by atoms with E-state index in [-0.39, 0.29) is 26.1 Å². The van der Waals surface area contributed by atoms with Crippen molar-refractivity contribution >= 4 is 23.4 Å². The molecule has 0 aromatic heterocycles. The molecular formula is C23H35NO11. The number of benzene rings is 1. The lowest BCUT2D eigenvalue weighted by molar-refractivity contribution is -0.151. The number of carbonyl (C=O) groups is 3. The SMILES string of the molecule is Nc1ccccc1OCCOCCOCCOCCOCCOCCOC(=O)CCC(=O)C(=O)O. The van der Waals surface area contributed by atoms with Gasteiger partial charge in [-0.15, -0.1) is 0 Å². The van der Waals surface area contributed by atoms with Gasteiger partial charge in [-0.1, -0.05) is 12.1 Å². The van der Waals surface area contributed by atoms with E-state index in [1.165, 1.54) is 0 Å². The first-order valence-corrected chi connectivity index (χ1v) is 11.3. The highest BCUT2D eigenvalue weighted by molar-refractivity contribution is 6.32. The van der Waals surface area contributed by atoms with Crippen molar-refractivity contribution in [2.24, 2.45) is 0 Å². The Labute approximate surface area is 204 Å². The van der Waals surface area contributed by atoms with E-state index in [4.69, 9.17) is 44.0 Å². The van der Waals surface area contributed by atoms with Crippen LogP contribution in [0, 0.1) is 0 Å². The van der Waals surface area contributed by atoms with Gasteiger partial charge in [-0.25, -0.2) is 4.79 Å². The minimum absolute atomic E-state index is 0.0187. The summed E-state index contributed by atoms with van der Waals surface area (Å²) in [7, 11) is 0. The van der Waals surface area contributed by atoms with Crippen LogP contribution < -0.4 is 10.5 Å². The number of carbonyl (C=O) groups excluding carboxylic acids is 2. The van der Waals surface area contributed by atoms with Crippen LogP contribution in [0.5, 0.6) is 5.75 Å². The number of esters is 1. The second-order valence-corrected chi connectivity index (χ2v) is 6.90. The Hall–Kier alpha value is -2.77. The number of carboxylic acid groups (broad SMARTS) is 1. The summed E-state index contributed by atoms with van der Waals surface area (Å²) in [4.78, 5) is 32.5. The molecule has 12 nitrogen and oxygen atoms in total. The first-order valence-electron chi connectivity index (χ1n) is 11.3. The standard InChI is InChI=1S/C23H35NO11/c24-19-3-1-2-4-21(19)34-17-15-32-13-11-30-9-7-29-8-10-31-12-14-33-16-18-35-22(26)6-5-20(25)23(27)28/h1-4H,5-18,24H2,(H,27,28). The van der Waals surface area contributed by atoms with Gasteiger partial charge in [0.05, 0.1) is 78.2 Å². The molecule has 0 fully saturated rings. The summed E-state index contributed by atoms with van der Waals surface area (Å²) in [6.07, 6.45) is -0.651. The van der Waals surface area contributed by atoms with Gasteiger partial charge in [0.25, 0.3) is 0 Å². The molecule has 0 spiro atoms. The summed E-state index contributed by atoms with van der Waals surface area (Å²) in [6, 6.07) is 7.29. The van der Waals surface area contributed by atoms with Crippen LogP contribution in [0.2, 0.25) is 0 Å². The van der Waals surface area contributed by atoms with Gasteiger partial charge in [-0.2, -0.15) is 0 Å². The van der Waals surface area contributed by atoms with Gasteiger partial charge >= 0.3 is 11.9 Å². The highest BCUT2D eigenvalue weighted by atomic mass is 16.6. The largest absolute Gasteiger partial charge is 0.489 e. The summed E-state index contributed by atoms with van der Waals surface area (Å²) in [5, 5.41) is 8.41. The fraction of sp³-hybridized carbons (Fsp3) is 0.609. The summed E-state index contributed by atoms with van der Waals surface area (Å²) in [5.41, 5.74) is 6.38. The molecule has 0 aliphatic carbocycles. The monoisotopic (exact) mass is 501 g/mol. The number of nitrogen functional groups attached to an aromatic ring is 1. The summed E-state index contributed by atoms with van der Waals surface area (Å²) < 4.78 is 37.1. The number of hydrogen-bond acceptors (Lipinski definition) is 11. The normalized spacial score (nSPS) is 10.7. The first kappa shape index (κ1) is 30.3. The molecule has 0 bridgehead atoms. The van der Waals surface area contributed by atoms with E-state index in [9.17, 15) is 14.4 Å². The van der Waals surface area contributed by atoms with E-state index in [2.05, 4.69) is 0 Å². The van der Waals surface area contributed by atoms with Crippen molar-refractivity contribution < 1.29 is 52.6 Å². The molecule has 1 aromatic carbocycles. The van der Waals surface area contributed by atoms with Crippen LogP contribution in [0.25, 0.3) is 0 Å². The Morgan fingerprint density at radius 2 is 1.11 bits per heavy atom. The molecule has 1 aromatic rings. The first-order chi connectivity index (χ1) is 17.0. The van der Waals surface area contributed by atoms with Crippen LogP contribution in [0.3, 0.4) is 0 Å².